The number of aryl methyl sites for hydroxylation is 1. The minimum Gasteiger partial charge on any atom is -0.241 e. The van der Waals surface area contributed by atoms with E-state index in [4.69, 9.17) is 0 Å². The Morgan fingerprint density at radius 2 is 2.06 bits per heavy atom. The Kier molecular flexibility index (Phi) is 2.90. The highest BCUT2D eigenvalue weighted by atomic mass is 19.2. The van der Waals surface area contributed by atoms with Crippen LogP contribution in [0.5, 0.6) is 0 Å². The summed E-state index contributed by atoms with van der Waals surface area (Å²) in [4.78, 5) is 7.78. The topological polar surface area (TPSA) is 25.8 Å². The van der Waals surface area contributed by atoms with Crippen molar-refractivity contribution >= 4 is 0 Å². The van der Waals surface area contributed by atoms with Gasteiger partial charge in [-0.2, -0.15) is 0 Å². The lowest BCUT2D eigenvalue weighted by Gasteiger charge is -2.03. The molecule has 1 aromatic carbocycles. The zero-order valence-electron chi connectivity index (χ0n) is 8.67. The molecule has 0 unspecified atom stereocenters. The first-order valence-corrected chi connectivity index (χ1v) is 4.79. The van der Waals surface area contributed by atoms with Crippen LogP contribution in [0.3, 0.4) is 0 Å². The van der Waals surface area contributed by atoms with Crippen molar-refractivity contribution in [3.05, 3.63) is 59.2 Å². The average molecular weight is 219 g/mol. The number of hydrogen-bond acceptors (Lipinski definition) is 2. The molecule has 1 aromatic heterocycles. The van der Waals surface area contributed by atoms with Crippen LogP contribution in [0.15, 0.2) is 24.5 Å². The van der Waals surface area contributed by atoms with E-state index < -0.39 is 11.6 Å². The molecule has 0 aliphatic rings. The Morgan fingerprint density at radius 3 is 2.75 bits per heavy atom. The summed E-state index contributed by atoms with van der Waals surface area (Å²) in [5.74, 6) is -1.68. The Morgan fingerprint density at radius 1 is 1.25 bits per heavy atom. The molecule has 0 atom stereocenters. The van der Waals surface area contributed by atoms with Crippen LogP contribution in [-0.4, -0.2) is 9.97 Å². The van der Waals surface area contributed by atoms with E-state index in [1.165, 1.54) is 12.4 Å². The number of halogens is 2. The molecule has 2 aromatic rings. The normalized spacial score (nSPS) is 10.4. The summed E-state index contributed by atoms with van der Waals surface area (Å²) < 4.78 is 25.7. The van der Waals surface area contributed by atoms with E-state index in [1.807, 2.05) is 6.92 Å². The lowest BCUT2D eigenvalue weighted by Crippen LogP contribution is -1.97. The lowest BCUT2D eigenvalue weighted by molar-refractivity contribution is 0.507. The van der Waals surface area contributed by atoms with Crippen LogP contribution < -0.4 is 0 Å². The van der Waals surface area contributed by atoms with Crippen molar-refractivity contribution in [3.63, 3.8) is 0 Å². The molecule has 1 heterocycles. The molecule has 0 saturated heterocycles. The second-order valence-corrected chi connectivity index (χ2v) is 3.47. The molecule has 2 nitrogen and oxygen atoms in total. The summed E-state index contributed by atoms with van der Waals surface area (Å²) in [6.07, 6.45) is 4.65. The van der Waals surface area contributed by atoms with Crippen LogP contribution in [0, 0.1) is 24.8 Å². The molecule has 16 heavy (non-hydrogen) atoms. The van der Waals surface area contributed by atoms with Crippen LogP contribution in [0.1, 0.15) is 16.8 Å². The third-order valence-electron chi connectivity index (χ3n) is 2.31. The van der Waals surface area contributed by atoms with Gasteiger partial charge in [-0.25, -0.2) is 18.7 Å². The van der Waals surface area contributed by atoms with Gasteiger partial charge >= 0.3 is 0 Å². The van der Waals surface area contributed by atoms with E-state index in [-0.39, 0.29) is 0 Å². The Bertz CT molecular complexity index is 512. The van der Waals surface area contributed by atoms with Gasteiger partial charge in [0.1, 0.15) is 6.33 Å². The van der Waals surface area contributed by atoms with E-state index in [0.717, 1.165) is 17.3 Å². The SMILES string of the molecule is Cc1ncn[c]c1Cc1ccc(F)c(F)c1. The van der Waals surface area contributed by atoms with Crippen molar-refractivity contribution in [2.45, 2.75) is 13.3 Å². The van der Waals surface area contributed by atoms with Crippen LogP contribution >= 0.6 is 0 Å². The lowest BCUT2D eigenvalue weighted by atomic mass is 10.1. The molecule has 81 valence electrons. The van der Waals surface area contributed by atoms with Gasteiger partial charge in [0.05, 0.1) is 6.20 Å². The second-order valence-electron chi connectivity index (χ2n) is 3.47. The van der Waals surface area contributed by atoms with Crippen LogP contribution in [-0.2, 0) is 6.42 Å². The van der Waals surface area contributed by atoms with Crippen molar-refractivity contribution < 1.29 is 8.78 Å². The maximum atomic E-state index is 13.0. The minimum absolute atomic E-state index is 0.448. The highest BCUT2D eigenvalue weighted by Gasteiger charge is 2.05. The first kappa shape index (κ1) is 10.7. The maximum Gasteiger partial charge on any atom is 0.159 e. The third kappa shape index (κ3) is 2.21. The second kappa shape index (κ2) is 4.35. The largest absolute Gasteiger partial charge is 0.241 e. The summed E-state index contributed by atoms with van der Waals surface area (Å²) in [6.45, 7) is 1.83. The number of aromatic nitrogens is 2. The fourth-order valence-corrected chi connectivity index (χ4v) is 1.40. The molecule has 0 aliphatic heterocycles. The summed E-state index contributed by atoms with van der Waals surface area (Å²) >= 11 is 0. The molecule has 0 N–H and O–H groups in total. The summed E-state index contributed by atoms with van der Waals surface area (Å²) in [5.41, 5.74) is 2.25. The summed E-state index contributed by atoms with van der Waals surface area (Å²) in [7, 11) is 0. The number of benzene rings is 1. The molecule has 0 bridgehead atoms. The van der Waals surface area contributed by atoms with Gasteiger partial charge in [0.15, 0.2) is 11.6 Å². The third-order valence-corrected chi connectivity index (χ3v) is 2.31. The fourth-order valence-electron chi connectivity index (χ4n) is 1.40. The molecule has 0 saturated carbocycles. The number of nitrogens with zero attached hydrogens (tertiary/aromatic N) is 2. The van der Waals surface area contributed by atoms with Crippen molar-refractivity contribution in [1.82, 2.24) is 9.97 Å². The standard InChI is InChI=1S/C12H9F2N2/c1-8-10(6-15-7-16-8)4-9-2-3-11(13)12(14)5-9/h2-3,5,7H,4H2,1H3. The van der Waals surface area contributed by atoms with Crippen molar-refractivity contribution in [3.8, 4) is 0 Å². The molecule has 0 aliphatic carbocycles. The minimum atomic E-state index is -0.841. The predicted octanol–water partition coefficient (Wildman–Crippen LogP) is 2.45. The fraction of sp³-hybridized carbons (Fsp3) is 0.167. The van der Waals surface area contributed by atoms with Gasteiger partial charge in [0.25, 0.3) is 0 Å². The predicted molar refractivity (Wildman–Crippen MR) is 54.8 cm³/mol. The smallest absolute Gasteiger partial charge is 0.159 e. The first-order valence-electron chi connectivity index (χ1n) is 4.79. The molecule has 0 fully saturated rings. The van der Waals surface area contributed by atoms with Crippen LogP contribution in [0.2, 0.25) is 0 Å². The van der Waals surface area contributed by atoms with Gasteiger partial charge in [-0.05, 0) is 24.6 Å². The van der Waals surface area contributed by atoms with Gasteiger partial charge in [-0.1, -0.05) is 6.07 Å². The first-order chi connectivity index (χ1) is 7.66. The Hall–Kier alpha value is -1.84. The van der Waals surface area contributed by atoms with E-state index in [9.17, 15) is 8.78 Å². The zero-order chi connectivity index (χ0) is 11.5. The van der Waals surface area contributed by atoms with E-state index in [1.54, 1.807) is 6.07 Å². The van der Waals surface area contributed by atoms with Gasteiger partial charge in [0.2, 0.25) is 0 Å². The zero-order valence-corrected chi connectivity index (χ0v) is 8.67. The molecule has 2 rings (SSSR count). The Labute approximate surface area is 92.0 Å². The van der Waals surface area contributed by atoms with Crippen LogP contribution in [0.4, 0.5) is 8.78 Å². The molecular weight excluding hydrogens is 210 g/mol. The molecule has 1 radical (unpaired) electrons. The van der Waals surface area contributed by atoms with Crippen molar-refractivity contribution in [2.75, 3.05) is 0 Å². The van der Waals surface area contributed by atoms with Crippen molar-refractivity contribution in [2.24, 2.45) is 0 Å². The summed E-state index contributed by atoms with van der Waals surface area (Å²) in [6, 6.07) is 3.83. The Balaban J connectivity index is 2.28. The molecular formula is C12H9F2N2. The van der Waals surface area contributed by atoms with Crippen molar-refractivity contribution in [1.29, 1.82) is 0 Å². The van der Waals surface area contributed by atoms with Gasteiger partial charge in [-0.3, -0.25) is 0 Å². The number of hydrogen-bond donors (Lipinski definition) is 0. The summed E-state index contributed by atoms with van der Waals surface area (Å²) in [5, 5.41) is 0. The molecule has 0 spiro atoms. The van der Waals surface area contributed by atoms with Gasteiger partial charge < -0.3 is 0 Å². The molecule has 4 heteroatoms. The van der Waals surface area contributed by atoms with Gasteiger partial charge in [-0.15, -0.1) is 0 Å². The highest BCUT2D eigenvalue weighted by molar-refractivity contribution is 5.26. The van der Waals surface area contributed by atoms with Crippen LogP contribution in [0.25, 0.3) is 0 Å². The van der Waals surface area contributed by atoms with E-state index in [0.29, 0.717) is 12.0 Å². The highest BCUT2D eigenvalue weighted by Crippen LogP contribution is 2.13. The van der Waals surface area contributed by atoms with E-state index >= 15 is 0 Å². The monoisotopic (exact) mass is 219 g/mol. The average Bonchev–Trinajstić information content (AvgIpc) is 2.27. The number of rotatable bonds is 2. The quantitative estimate of drug-likeness (QED) is 0.775. The van der Waals surface area contributed by atoms with E-state index in [2.05, 4.69) is 16.2 Å². The van der Waals surface area contributed by atoms with Gasteiger partial charge in [0, 0.05) is 17.7 Å². The molecule has 0 amide bonds. The maximum absolute atomic E-state index is 13.0.